The molecule has 0 unspecified atom stereocenters. The summed E-state index contributed by atoms with van der Waals surface area (Å²) < 4.78 is 38.5. The molecule has 1 fully saturated rings. The SMILES string of the molecule is C[C@@H](Cc1cccc(C(F)(F)F)c1)N1CCN(c2ncccn2)CC1. The number of piperazine rings is 1. The molecule has 0 bridgehead atoms. The van der Waals surface area contributed by atoms with Gasteiger partial charge in [-0.25, -0.2) is 9.97 Å². The minimum Gasteiger partial charge on any atom is -0.338 e. The van der Waals surface area contributed by atoms with Gasteiger partial charge < -0.3 is 4.90 Å². The summed E-state index contributed by atoms with van der Waals surface area (Å²) in [5.41, 5.74) is 0.138. The van der Waals surface area contributed by atoms with Crippen LogP contribution in [-0.4, -0.2) is 47.1 Å². The van der Waals surface area contributed by atoms with Crippen LogP contribution < -0.4 is 4.90 Å². The lowest BCUT2D eigenvalue weighted by molar-refractivity contribution is -0.137. The van der Waals surface area contributed by atoms with Gasteiger partial charge in [-0.1, -0.05) is 18.2 Å². The van der Waals surface area contributed by atoms with E-state index in [4.69, 9.17) is 0 Å². The predicted octanol–water partition coefficient (Wildman–Crippen LogP) is 3.25. The average molecular weight is 350 g/mol. The number of hydrogen-bond donors (Lipinski definition) is 0. The highest BCUT2D eigenvalue weighted by atomic mass is 19.4. The largest absolute Gasteiger partial charge is 0.416 e. The Morgan fingerprint density at radius 2 is 1.72 bits per heavy atom. The van der Waals surface area contributed by atoms with Gasteiger partial charge in [0.2, 0.25) is 5.95 Å². The van der Waals surface area contributed by atoms with Crippen molar-refractivity contribution in [2.24, 2.45) is 0 Å². The molecule has 0 spiro atoms. The summed E-state index contributed by atoms with van der Waals surface area (Å²) in [5.74, 6) is 0.729. The van der Waals surface area contributed by atoms with Crippen LogP contribution in [0.5, 0.6) is 0 Å². The van der Waals surface area contributed by atoms with Gasteiger partial charge in [0.25, 0.3) is 0 Å². The molecule has 7 heteroatoms. The number of rotatable bonds is 4. The van der Waals surface area contributed by atoms with Crippen LogP contribution in [0, 0.1) is 0 Å². The van der Waals surface area contributed by atoms with Crippen LogP contribution >= 0.6 is 0 Å². The Kier molecular flexibility index (Phi) is 5.22. The molecule has 1 aromatic heterocycles. The summed E-state index contributed by atoms with van der Waals surface area (Å²) in [6, 6.07) is 7.59. The number of hydrogen-bond acceptors (Lipinski definition) is 4. The molecule has 0 saturated carbocycles. The molecule has 0 N–H and O–H groups in total. The summed E-state index contributed by atoms with van der Waals surface area (Å²) in [5, 5.41) is 0. The quantitative estimate of drug-likeness (QED) is 0.847. The minimum absolute atomic E-state index is 0.183. The van der Waals surface area contributed by atoms with E-state index in [1.165, 1.54) is 12.1 Å². The standard InChI is InChI=1S/C18H21F3N4/c1-14(12-15-4-2-5-16(13-15)18(19,20)21)24-8-10-25(11-9-24)17-22-6-3-7-23-17/h2-7,13-14H,8-12H2,1H3/t14-/m0/s1. The van der Waals surface area contributed by atoms with Crippen LogP contribution in [0.1, 0.15) is 18.1 Å². The number of aromatic nitrogens is 2. The molecule has 1 aromatic carbocycles. The molecule has 0 aliphatic carbocycles. The number of alkyl halides is 3. The Bertz CT molecular complexity index is 682. The lowest BCUT2D eigenvalue weighted by Gasteiger charge is -2.38. The number of benzene rings is 1. The van der Waals surface area contributed by atoms with Crippen molar-refractivity contribution in [3.05, 3.63) is 53.9 Å². The molecule has 0 radical (unpaired) electrons. The Labute approximate surface area is 145 Å². The van der Waals surface area contributed by atoms with Crippen molar-refractivity contribution < 1.29 is 13.2 Å². The first kappa shape index (κ1) is 17.7. The lowest BCUT2D eigenvalue weighted by Crippen LogP contribution is -2.50. The second-order valence-electron chi connectivity index (χ2n) is 6.32. The van der Waals surface area contributed by atoms with Crippen LogP contribution in [0.3, 0.4) is 0 Å². The molecule has 2 heterocycles. The maximum atomic E-state index is 12.8. The topological polar surface area (TPSA) is 32.3 Å². The van der Waals surface area contributed by atoms with Crippen molar-refractivity contribution in [3.63, 3.8) is 0 Å². The zero-order valence-corrected chi connectivity index (χ0v) is 14.1. The Morgan fingerprint density at radius 1 is 1.04 bits per heavy atom. The van der Waals surface area contributed by atoms with Crippen molar-refractivity contribution in [1.29, 1.82) is 0 Å². The van der Waals surface area contributed by atoms with Gasteiger partial charge in [-0.2, -0.15) is 13.2 Å². The lowest BCUT2D eigenvalue weighted by atomic mass is 10.0. The zero-order chi connectivity index (χ0) is 17.9. The molecular formula is C18H21F3N4. The first-order valence-electron chi connectivity index (χ1n) is 8.35. The van der Waals surface area contributed by atoms with Crippen LogP contribution in [-0.2, 0) is 12.6 Å². The molecule has 1 atom stereocenters. The van der Waals surface area contributed by atoms with Crippen LogP contribution in [0.4, 0.5) is 19.1 Å². The third-order valence-corrected chi connectivity index (χ3v) is 4.56. The monoisotopic (exact) mass is 350 g/mol. The molecule has 2 aromatic rings. The molecule has 1 saturated heterocycles. The summed E-state index contributed by atoms with van der Waals surface area (Å²) in [7, 11) is 0. The normalized spacial score (nSPS) is 17.5. The summed E-state index contributed by atoms with van der Waals surface area (Å²) in [4.78, 5) is 13.0. The zero-order valence-electron chi connectivity index (χ0n) is 14.1. The Balaban J connectivity index is 1.57. The molecule has 134 valence electrons. The highest BCUT2D eigenvalue weighted by molar-refractivity contribution is 5.29. The maximum absolute atomic E-state index is 12.8. The molecule has 1 aliphatic rings. The van der Waals surface area contributed by atoms with Crippen molar-refractivity contribution in [2.75, 3.05) is 31.1 Å². The average Bonchev–Trinajstić information content (AvgIpc) is 2.62. The number of anilines is 1. The van der Waals surface area contributed by atoms with E-state index in [0.717, 1.165) is 43.8 Å². The van der Waals surface area contributed by atoms with E-state index in [1.807, 2.05) is 0 Å². The van der Waals surface area contributed by atoms with Gasteiger partial charge in [0.1, 0.15) is 0 Å². The van der Waals surface area contributed by atoms with Crippen molar-refractivity contribution >= 4 is 5.95 Å². The fraction of sp³-hybridized carbons (Fsp3) is 0.444. The third kappa shape index (κ3) is 4.48. The number of nitrogens with zero attached hydrogens (tertiary/aromatic N) is 4. The molecule has 25 heavy (non-hydrogen) atoms. The van der Waals surface area contributed by atoms with E-state index in [-0.39, 0.29) is 6.04 Å². The van der Waals surface area contributed by atoms with Gasteiger partial charge in [-0.3, -0.25) is 4.90 Å². The van der Waals surface area contributed by atoms with Crippen LogP contribution in [0.25, 0.3) is 0 Å². The van der Waals surface area contributed by atoms with Gasteiger partial charge in [0, 0.05) is 44.6 Å². The fourth-order valence-electron chi connectivity index (χ4n) is 3.16. The first-order valence-corrected chi connectivity index (χ1v) is 8.35. The fourth-order valence-corrected chi connectivity index (χ4v) is 3.16. The molecule has 3 rings (SSSR count). The van der Waals surface area contributed by atoms with Gasteiger partial charge in [0.15, 0.2) is 0 Å². The van der Waals surface area contributed by atoms with Crippen LogP contribution in [0.15, 0.2) is 42.7 Å². The van der Waals surface area contributed by atoms with E-state index >= 15 is 0 Å². The second kappa shape index (κ2) is 7.39. The van der Waals surface area contributed by atoms with Crippen LogP contribution in [0.2, 0.25) is 0 Å². The Morgan fingerprint density at radius 3 is 2.36 bits per heavy atom. The third-order valence-electron chi connectivity index (χ3n) is 4.56. The van der Waals surface area contributed by atoms with Crippen molar-refractivity contribution in [1.82, 2.24) is 14.9 Å². The Hall–Kier alpha value is -2.15. The van der Waals surface area contributed by atoms with E-state index in [0.29, 0.717) is 6.42 Å². The van der Waals surface area contributed by atoms with Gasteiger partial charge in [-0.15, -0.1) is 0 Å². The second-order valence-corrected chi connectivity index (χ2v) is 6.32. The summed E-state index contributed by atoms with van der Waals surface area (Å²) in [6.07, 6.45) is -0.234. The molecule has 4 nitrogen and oxygen atoms in total. The maximum Gasteiger partial charge on any atom is 0.416 e. The first-order chi connectivity index (χ1) is 11.9. The van der Waals surface area contributed by atoms with Crippen molar-refractivity contribution in [2.45, 2.75) is 25.6 Å². The highest BCUT2D eigenvalue weighted by Crippen LogP contribution is 2.30. The van der Waals surface area contributed by atoms with E-state index in [1.54, 1.807) is 24.5 Å². The highest BCUT2D eigenvalue weighted by Gasteiger charge is 2.30. The minimum atomic E-state index is -4.29. The summed E-state index contributed by atoms with van der Waals surface area (Å²) >= 11 is 0. The van der Waals surface area contributed by atoms with Gasteiger partial charge >= 0.3 is 6.18 Å². The number of halogens is 3. The molecule has 0 amide bonds. The van der Waals surface area contributed by atoms with Gasteiger partial charge in [-0.05, 0) is 31.0 Å². The smallest absolute Gasteiger partial charge is 0.338 e. The molecule has 1 aliphatic heterocycles. The predicted molar refractivity (Wildman–Crippen MR) is 90.4 cm³/mol. The van der Waals surface area contributed by atoms with E-state index in [2.05, 4.69) is 26.7 Å². The van der Waals surface area contributed by atoms with E-state index in [9.17, 15) is 13.2 Å². The van der Waals surface area contributed by atoms with E-state index < -0.39 is 11.7 Å². The molecular weight excluding hydrogens is 329 g/mol. The van der Waals surface area contributed by atoms with Gasteiger partial charge in [0.05, 0.1) is 5.56 Å². The summed E-state index contributed by atoms with van der Waals surface area (Å²) in [6.45, 7) is 5.39. The van der Waals surface area contributed by atoms with Crippen molar-refractivity contribution in [3.8, 4) is 0 Å².